The molecule has 98 valence electrons. The number of nitrogens with zero attached hydrogens (tertiary/aromatic N) is 4. The van der Waals surface area contributed by atoms with Crippen molar-refractivity contribution in [3.8, 4) is 0 Å². The van der Waals surface area contributed by atoms with Crippen LogP contribution in [0.25, 0.3) is 0 Å². The van der Waals surface area contributed by atoms with E-state index in [9.17, 15) is 0 Å². The molecule has 0 aliphatic carbocycles. The van der Waals surface area contributed by atoms with Crippen LogP contribution in [0, 0.1) is 6.92 Å². The fourth-order valence-electron chi connectivity index (χ4n) is 1.86. The van der Waals surface area contributed by atoms with Crippen LogP contribution in [0.5, 0.6) is 0 Å². The topological polar surface area (TPSA) is 68.8 Å². The number of hydrogen-bond donors (Lipinski definition) is 1. The summed E-state index contributed by atoms with van der Waals surface area (Å²) in [6, 6.07) is 0.334. The molecule has 0 spiro atoms. The zero-order valence-corrected chi connectivity index (χ0v) is 11.1. The molecule has 0 amide bonds. The SMILES string of the molecule is CCc1nccn1C[C@H](C)NCc1nonc1C. The third kappa shape index (κ3) is 2.95. The zero-order valence-electron chi connectivity index (χ0n) is 11.1. The molecule has 2 aromatic rings. The molecule has 2 aromatic heterocycles. The van der Waals surface area contributed by atoms with Crippen LogP contribution in [-0.2, 0) is 19.5 Å². The van der Waals surface area contributed by atoms with E-state index in [0.717, 1.165) is 30.2 Å². The van der Waals surface area contributed by atoms with Gasteiger partial charge in [0.25, 0.3) is 0 Å². The van der Waals surface area contributed by atoms with E-state index in [4.69, 9.17) is 0 Å². The van der Waals surface area contributed by atoms with E-state index in [-0.39, 0.29) is 0 Å². The quantitative estimate of drug-likeness (QED) is 0.836. The number of aryl methyl sites for hydroxylation is 2. The molecule has 1 atom stereocenters. The minimum atomic E-state index is 0.334. The first-order chi connectivity index (χ1) is 8.70. The molecular formula is C12H19N5O. The molecule has 0 saturated heterocycles. The van der Waals surface area contributed by atoms with Gasteiger partial charge in [-0.15, -0.1) is 0 Å². The number of nitrogens with one attached hydrogen (secondary N) is 1. The van der Waals surface area contributed by atoms with Gasteiger partial charge < -0.3 is 9.88 Å². The Morgan fingerprint density at radius 1 is 1.44 bits per heavy atom. The first-order valence-corrected chi connectivity index (χ1v) is 6.22. The predicted molar refractivity (Wildman–Crippen MR) is 66.9 cm³/mol. The molecule has 0 aromatic carbocycles. The summed E-state index contributed by atoms with van der Waals surface area (Å²) in [6.07, 6.45) is 4.81. The Morgan fingerprint density at radius 2 is 2.28 bits per heavy atom. The van der Waals surface area contributed by atoms with Crippen molar-refractivity contribution in [2.45, 2.75) is 46.3 Å². The highest BCUT2D eigenvalue weighted by molar-refractivity contribution is 5.04. The number of rotatable bonds is 6. The largest absolute Gasteiger partial charge is 0.333 e. The van der Waals surface area contributed by atoms with Crippen LogP contribution in [0.15, 0.2) is 17.0 Å². The summed E-state index contributed by atoms with van der Waals surface area (Å²) in [4.78, 5) is 4.31. The lowest BCUT2D eigenvalue weighted by Crippen LogP contribution is -2.30. The van der Waals surface area contributed by atoms with Crippen LogP contribution < -0.4 is 5.32 Å². The Balaban J connectivity index is 1.86. The predicted octanol–water partition coefficient (Wildman–Crippen LogP) is 1.32. The van der Waals surface area contributed by atoms with Crippen molar-refractivity contribution in [1.29, 1.82) is 0 Å². The normalized spacial score (nSPS) is 12.8. The van der Waals surface area contributed by atoms with Gasteiger partial charge in [-0.1, -0.05) is 17.2 Å². The lowest BCUT2D eigenvalue weighted by molar-refractivity contribution is 0.299. The molecule has 2 rings (SSSR count). The van der Waals surface area contributed by atoms with Crippen LogP contribution in [0.4, 0.5) is 0 Å². The van der Waals surface area contributed by atoms with Gasteiger partial charge in [0.05, 0.1) is 0 Å². The maximum Gasteiger partial charge on any atom is 0.121 e. The Hall–Kier alpha value is -1.69. The summed E-state index contributed by atoms with van der Waals surface area (Å²) in [6.45, 7) is 7.72. The monoisotopic (exact) mass is 249 g/mol. The Labute approximate surface area is 106 Å². The second-order valence-corrected chi connectivity index (χ2v) is 4.43. The highest BCUT2D eigenvalue weighted by Gasteiger charge is 2.09. The smallest absolute Gasteiger partial charge is 0.121 e. The molecule has 18 heavy (non-hydrogen) atoms. The average Bonchev–Trinajstić information content (AvgIpc) is 2.95. The van der Waals surface area contributed by atoms with Gasteiger partial charge >= 0.3 is 0 Å². The van der Waals surface area contributed by atoms with E-state index in [1.165, 1.54) is 0 Å². The van der Waals surface area contributed by atoms with Crippen molar-refractivity contribution in [2.75, 3.05) is 0 Å². The summed E-state index contributed by atoms with van der Waals surface area (Å²) in [5.74, 6) is 1.11. The van der Waals surface area contributed by atoms with Crippen LogP contribution in [-0.4, -0.2) is 25.9 Å². The fourth-order valence-corrected chi connectivity index (χ4v) is 1.86. The molecule has 0 bridgehead atoms. The van der Waals surface area contributed by atoms with E-state index in [0.29, 0.717) is 12.6 Å². The molecule has 6 heteroatoms. The summed E-state index contributed by atoms with van der Waals surface area (Å²) < 4.78 is 6.84. The molecular weight excluding hydrogens is 230 g/mol. The van der Waals surface area contributed by atoms with Gasteiger partial charge in [0.15, 0.2) is 0 Å². The summed E-state index contributed by atoms with van der Waals surface area (Å²) >= 11 is 0. The minimum Gasteiger partial charge on any atom is -0.333 e. The van der Waals surface area contributed by atoms with Crippen molar-refractivity contribution in [3.05, 3.63) is 29.6 Å². The molecule has 0 aliphatic heterocycles. The molecule has 0 saturated carbocycles. The third-order valence-corrected chi connectivity index (χ3v) is 2.95. The molecule has 0 fully saturated rings. The second-order valence-electron chi connectivity index (χ2n) is 4.43. The minimum absolute atomic E-state index is 0.334. The van der Waals surface area contributed by atoms with Crippen molar-refractivity contribution >= 4 is 0 Å². The third-order valence-electron chi connectivity index (χ3n) is 2.95. The molecule has 0 unspecified atom stereocenters. The van der Waals surface area contributed by atoms with E-state index in [2.05, 4.69) is 43.7 Å². The zero-order chi connectivity index (χ0) is 13.0. The van der Waals surface area contributed by atoms with Gasteiger partial charge in [0.1, 0.15) is 17.2 Å². The maximum atomic E-state index is 4.66. The standard InChI is InChI=1S/C12H19N5O/c1-4-12-13-5-6-17(12)8-9(2)14-7-11-10(3)15-18-16-11/h5-6,9,14H,4,7-8H2,1-3H3/t9-/m0/s1. The van der Waals surface area contributed by atoms with E-state index in [1.54, 1.807) is 0 Å². The Morgan fingerprint density at radius 3 is 2.94 bits per heavy atom. The second kappa shape index (κ2) is 5.77. The van der Waals surface area contributed by atoms with Crippen molar-refractivity contribution in [1.82, 2.24) is 25.2 Å². The molecule has 0 radical (unpaired) electrons. The van der Waals surface area contributed by atoms with Gasteiger partial charge in [-0.25, -0.2) is 9.61 Å². The maximum absolute atomic E-state index is 4.66. The summed E-state index contributed by atoms with van der Waals surface area (Å²) in [5, 5.41) is 11.0. The summed E-state index contributed by atoms with van der Waals surface area (Å²) in [7, 11) is 0. The first kappa shape index (κ1) is 12.8. The highest BCUT2D eigenvalue weighted by atomic mass is 16.6. The van der Waals surface area contributed by atoms with Gasteiger partial charge in [0, 0.05) is 37.9 Å². The van der Waals surface area contributed by atoms with Gasteiger partial charge in [-0.05, 0) is 13.8 Å². The highest BCUT2D eigenvalue weighted by Crippen LogP contribution is 2.03. The first-order valence-electron chi connectivity index (χ1n) is 6.22. The van der Waals surface area contributed by atoms with Crippen LogP contribution in [0.2, 0.25) is 0 Å². The van der Waals surface area contributed by atoms with Gasteiger partial charge in [0.2, 0.25) is 0 Å². The van der Waals surface area contributed by atoms with Crippen LogP contribution >= 0.6 is 0 Å². The number of aromatic nitrogens is 4. The lowest BCUT2D eigenvalue weighted by Gasteiger charge is -2.15. The van der Waals surface area contributed by atoms with Crippen molar-refractivity contribution < 1.29 is 4.63 Å². The van der Waals surface area contributed by atoms with Gasteiger partial charge in [-0.3, -0.25) is 0 Å². The Kier molecular flexibility index (Phi) is 4.09. The van der Waals surface area contributed by atoms with Crippen molar-refractivity contribution in [2.24, 2.45) is 0 Å². The molecule has 2 heterocycles. The number of imidazole rings is 1. The Bertz CT molecular complexity index is 490. The molecule has 0 aliphatic rings. The summed E-state index contributed by atoms with van der Waals surface area (Å²) in [5.41, 5.74) is 1.70. The lowest BCUT2D eigenvalue weighted by atomic mass is 10.3. The molecule has 1 N–H and O–H groups in total. The fraction of sp³-hybridized carbons (Fsp3) is 0.583. The van der Waals surface area contributed by atoms with E-state index < -0.39 is 0 Å². The average molecular weight is 249 g/mol. The van der Waals surface area contributed by atoms with Gasteiger partial charge in [-0.2, -0.15) is 0 Å². The van der Waals surface area contributed by atoms with Crippen LogP contribution in [0.1, 0.15) is 31.1 Å². The van der Waals surface area contributed by atoms with E-state index in [1.807, 2.05) is 19.3 Å². The van der Waals surface area contributed by atoms with Crippen LogP contribution in [0.3, 0.4) is 0 Å². The van der Waals surface area contributed by atoms with Crippen molar-refractivity contribution in [3.63, 3.8) is 0 Å². The number of hydrogen-bond acceptors (Lipinski definition) is 5. The molecule has 6 nitrogen and oxygen atoms in total. The van der Waals surface area contributed by atoms with E-state index >= 15 is 0 Å².